The zero-order chi connectivity index (χ0) is 22.3. The normalized spacial score (nSPS) is 14.6. The summed E-state index contributed by atoms with van der Waals surface area (Å²) in [5.74, 6) is 0. The Labute approximate surface area is 196 Å². The van der Waals surface area contributed by atoms with Crippen LogP contribution in [0.2, 0.25) is 5.02 Å². The van der Waals surface area contributed by atoms with E-state index in [1.165, 1.54) is 24.8 Å². The second kappa shape index (κ2) is 10.8. The largest absolute Gasteiger partial charge is 0.363 e. The quantitative estimate of drug-likeness (QED) is 0.310. The fourth-order valence-electron chi connectivity index (χ4n) is 4.19. The molecule has 1 aromatic heterocycles. The van der Waals surface area contributed by atoms with E-state index in [1.54, 1.807) is 0 Å². The van der Waals surface area contributed by atoms with Gasteiger partial charge in [-0.05, 0) is 80.4 Å². The van der Waals surface area contributed by atoms with Gasteiger partial charge in [-0.25, -0.2) is 4.99 Å². The minimum atomic E-state index is 0.692. The van der Waals surface area contributed by atoms with Gasteiger partial charge in [0.1, 0.15) is 0 Å². The van der Waals surface area contributed by atoms with E-state index in [2.05, 4.69) is 52.1 Å². The lowest BCUT2D eigenvalue weighted by Crippen LogP contribution is -2.28. The summed E-state index contributed by atoms with van der Waals surface area (Å²) in [6.07, 6.45) is 7.66. The number of aromatic nitrogens is 1. The number of hydrogen-bond acceptors (Lipinski definition) is 4. The Balaban J connectivity index is 1.64. The highest BCUT2D eigenvalue weighted by atomic mass is 35.5. The van der Waals surface area contributed by atoms with Gasteiger partial charge in [0.15, 0.2) is 0 Å². The van der Waals surface area contributed by atoms with Crippen molar-refractivity contribution in [2.75, 3.05) is 31.5 Å². The number of halogens is 1. The molecule has 1 N–H and O–H groups in total. The van der Waals surface area contributed by atoms with E-state index in [4.69, 9.17) is 16.6 Å². The summed E-state index contributed by atoms with van der Waals surface area (Å²) in [6.45, 7) is 9.55. The maximum atomic E-state index is 6.16. The molecule has 32 heavy (non-hydrogen) atoms. The number of benzene rings is 2. The van der Waals surface area contributed by atoms with Gasteiger partial charge in [0.2, 0.25) is 0 Å². The highest BCUT2D eigenvalue weighted by molar-refractivity contribution is 6.31. The van der Waals surface area contributed by atoms with Crippen LogP contribution in [0.25, 0.3) is 10.9 Å². The summed E-state index contributed by atoms with van der Waals surface area (Å²) >= 11 is 6.16. The average molecular weight is 450 g/mol. The second-order valence-electron chi connectivity index (χ2n) is 8.34. The zero-order valence-corrected chi connectivity index (χ0v) is 19.8. The number of nitrogens with one attached hydrogen (secondary N) is 1. The summed E-state index contributed by atoms with van der Waals surface area (Å²) < 4.78 is 0. The SMILES string of the molecule is CCN(CC)Cc1cc(N=CN2CCCCC2)cc(Nc2ccnc3cc(Cl)ccc23)c1. The molecular formula is C26H32ClN5. The van der Waals surface area contributed by atoms with Gasteiger partial charge in [0.05, 0.1) is 17.5 Å². The number of aliphatic imine (C=N–C) groups is 1. The van der Waals surface area contributed by atoms with Crippen molar-refractivity contribution in [3.8, 4) is 0 Å². The summed E-state index contributed by atoms with van der Waals surface area (Å²) in [5.41, 5.74) is 5.15. The van der Waals surface area contributed by atoms with Crippen LogP contribution in [-0.4, -0.2) is 47.3 Å². The molecule has 3 aromatic rings. The van der Waals surface area contributed by atoms with Crippen LogP contribution in [0, 0.1) is 0 Å². The lowest BCUT2D eigenvalue weighted by atomic mass is 10.1. The highest BCUT2D eigenvalue weighted by Crippen LogP contribution is 2.30. The first kappa shape index (κ1) is 22.6. The number of hydrogen-bond donors (Lipinski definition) is 1. The van der Waals surface area contributed by atoms with Gasteiger partial charge < -0.3 is 10.2 Å². The lowest BCUT2D eigenvalue weighted by Gasteiger charge is -2.24. The molecule has 6 heteroatoms. The van der Waals surface area contributed by atoms with Crippen molar-refractivity contribution in [1.82, 2.24) is 14.8 Å². The van der Waals surface area contributed by atoms with Crippen LogP contribution in [0.5, 0.6) is 0 Å². The smallest absolute Gasteiger partial charge is 0.0912 e. The Bertz CT molecular complexity index is 1070. The van der Waals surface area contributed by atoms with Gasteiger partial charge in [-0.15, -0.1) is 0 Å². The third-order valence-electron chi connectivity index (χ3n) is 6.02. The molecule has 168 valence electrons. The molecule has 0 radical (unpaired) electrons. The van der Waals surface area contributed by atoms with E-state index >= 15 is 0 Å². The Hall–Kier alpha value is -2.63. The van der Waals surface area contributed by atoms with E-state index in [1.807, 2.05) is 36.8 Å². The minimum absolute atomic E-state index is 0.692. The molecule has 0 unspecified atom stereocenters. The van der Waals surface area contributed by atoms with Crippen molar-refractivity contribution in [3.63, 3.8) is 0 Å². The van der Waals surface area contributed by atoms with Gasteiger partial charge in [-0.1, -0.05) is 25.4 Å². The summed E-state index contributed by atoms with van der Waals surface area (Å²) in [7, 11) is 0. The number of rotatable bonds is 8. The number of fused-ring (bicyclic) bond motifs is 1. The van der Waals surface area contributed by atoms with Crippen LogP contribution in [0.1, 0.15) is 38.7 Å². The van der Waals surface area contributed by atoms with Crippen LogP contribution < -0.4 is 5.32 Å². The van der Waals surface area contributed by atoms with Crippen LogP contribution in [-0.2, 0) is 6.54 Å². The molecule has 0 amide bonds. The summed E-state index contributed by atoms with van der Waals surface area (Å²) in [4.78, 5) is 14.0. The van der Waals surface area contributed by atoms with E-state index < -0.39 is 0 Å². The Morgan fingerprint density at radius 1 is 1.06 bits per heavy atom. The molecule has 2 heterocycles. The van der Waals surface area contributed by atoms with Gasteiger partial charge in [-0.2, -0.15) is 0 Å². The molecule has 1 aliphatic rings. The van der Waals surface area contributed by atoms with Crippen molar-refractivity contribution in [2.45, 2.75) is 39.7 Å². The zero-order valence-electron chi connectivity index (χ0n) is 19.0. The van der Waals surface area contributed by atoms with Crippen molar-refractivity contribution >= 4 is 45.9 Å². The Kier molecular flexibility index (Phi) is 7.61. The number of likely N-dealkylation sites (tertiary alicyclic amines) is 1. The van der Waals surface area contributed by atoms with Gasteiger partial charge >= 0.3 is 0 Å². The maximum absolute atomic E-state index is 6.16. The predicted octanol–water partition coefficient (Wildman–Crippen LogP) is 6.62. The second-order valence-corrected chi connectivity index (χ2v) is 8.77. The first-order valence-corrected chi connectivity index (χ1v) is 12.0. The third-order valence-corrected chi connectivity index (χ3v) is 6.26. The number of piperidine rings is 1. The van der Waals surface area contributed by atoms with E-state index in [-0.39, 0.29) is 0 Å². The number of nitrogens with zero attached hydrogens (tertiary/aromatic N) is 4. The van der Waals surface area contributed by atoms with Crippen molar-refractivity contribution in [3.05, 3.63) is 59.2 Å². The molecule has 4 rings (SSSR count). The fraction of sp³-hybridized carbons (Fsp3) is 0.385. The summed E-state index contributed by atoms with van der Waals surface area (Å²) in [5, 5.41) is 5.34. The van der Waals surface area contributed by atoms with Crippen LogP contribution in [0.3, 0.4) is 0 Å². The van der Waals surface area contributed by atoms with Crippen molar-refractivity contribution in [1.29, 1.82) is 0 Å². The number of anilines is 2. The molecule has 2 aromatic carbocycles. The topological polar surface area (TPSA) is 43.8 Å². The molecule has 1 fully saturated rings. The monoisotopic (exact) mass is 449 g/mol. The average Bonchev–Trinajstić information content (AvgIpc) is 2.82. The van der Waals surface area contributed by atoms with Gasteiger partial charge in [0, 0.05) is 47.6 Å². The molecular weight excluding hydrogens is 418 g/mol. The summed E-state index contributed by atoms with van der Waals surface area (Å²) in [6, 6.07) is 14.4. The first-order chi connectivity index (χ1) is 15.6. The van der Waals surface area contributed by atoms with Gasteiger partial charge in [-0.3, -0.25) is 9.88 Å². The molecule has 1 saturated heterocycles. The van der Waals surface area contributed by atoms with Crippen LogP contribution in [0.15, 0.2) is 53.7 Å². The molecule has 5 nitrogen and oxygen atoms in total. The highest BCUT2D eigenvalue weighted by Gasteiger charge is 2.09. The fourth-order valence-corrected chi connectivity index (χ4v) is 4.35. The molecule has 1 aliphatic heterocycles. The third kappa shape index (κ3) is 5.78. The first-order valence-electron chi connectivity index (χ1n) is 11.6. The van der Waals surface area contributed by atoms with Crippen molar-refractivity contribution < 1.29 is 0 Å². The predicted molar refractivity (Wildman–Crippen MR) is 137 cm³/mol. The van der Waals surface area contributed by atoms with E-state index in [0.29, 0.717) is 5.02 Å². The van der Waals surface area contributed by atoms with Crippen LogP contribution >= 0.6 is 11.6 Å². The Morgan fingerprint density at radius 3 is 2.66 bits per heavy atom. The van der Waals surface area contributed by atoms with Crippen molar-refractivity contribution in [2.24, 2.45) is 4.99 Å². The molecule has 0 saturated carbocycles. The standard InChI is InChI=1S/C26H32ClN5/c1-3-31(4-2)18-20-14-22(29-19-32-12-6-5-7-13-32)17-23(15-20)30-25-10-11-28-26-16-21(27)8-9-24(25)26/h8-11,14-17,19H,3-7,12-13,18H2,1-2H3,(H,28,30). The van der Waals surface area contributed by atoms with Crippen LogP contribution in [0.4, 0.5) is 17.1 Å². The molecule has 0 bridgehead atoms. The van der Waals surface area contributed by atoms with Gasteiger partial charge in [0.25, 0.3) is 0 Å². The Morgan fingerprint density at radius 2 is 1.88 bits per heavy atom. The number of pyridine rings is 1. The van der Waals surface area contributed by atoms with E-state index in [0.717, 1.165) is 60.7 Å². The van der Waals surface area contributed by atoms with E-state index in [9.17, 15) is 0 Å². The maximum Gasteiger partial charge on any atom is 0.0912 e. The molecule has 0 atom stereocenters. The minimum Gasteiger partial charge on any atom is -0.363 e. The lowest BCUT2D eigenvalue weighted by molar-refractivity contribution is 0.296. The molecule has 0 spiro atoms. The molecule has 0 aliphatic carbocycles.